The normalized spacial score (nSPS) is 11.4. The van der Waals surface area contributed by atoms with Crippen LogP contribution in [0.5, 0.6) is 0 Å². The zero-order valence-electron chi connectivity index (χ0n) is 18.2. The van der Waals surface area contributed by atoms with E-state index in [4.69, 9.17) is 5.73 Å². The van der Waals surface area contributed by atoms with E-state index in [1.165, 1.54) is 16.3 Å². The van der Waals surface area contributed by atoms with Crippen LogP contribution in [0.15, 0.2) is 110 Å². The number of benzene rings is 5. The molecule has 0 atom stereocenters. The summed E-state index contributed by atoms with van der Waals surface area (Å²) in [5, 5.41) is 4.64. The summed E-state index contributed by atoms with van der Waals surface area (Å²) >= 11 is 0. The van der Waals surface area contributed by atoms with Gasteiger partial charge in [0.1, 0.15) is 0 Å². The second-order valence-corrected chi connectivity index (χ2v) is 8.22. The summed E-state index contributed by atoms with van der Waals surface area (Å²) in [6.45, 7) is 6.40. The molecule has 0 aromatic heterocycles. The van der Waals surface area contributed by atoms with Crippen LogP contribution in [0.4, 0.5) is 5.69 Å². The minimum absolute atomic E-state index is 0.811. The van der Waals surface area contributed by atoms with Crippen LogP contribution in [0.3, 0.4) is 0 Å². The number of hydrogen-bond donors (Lipinski definition) is 1. The maximum Gasteiger partial charge on any atom is 0.0473 e. The largest absolute Gasteiger partial charge is 0.398 e. The Morgan fingerprint density at radius 3 is 2.00 bits per heavy atom. The van der Waals surface area contributed by atoms with Crippen molar-refractivity contribution >= 4 is 38.9 Å². The van der Waals surface area contributed by atoms with E-state index < -0.39 is 0 Å². The Kier molecular flexibility index (Phi) is 5.09. The Bertz CT molecular complexity index is 1490. The molecule has 0 heterocycles. The highest BCUT2D eigenvalue weighted by Crippen LogP contribution is 2.38. The zero-order valence-corrected chi connectivity index (χ0v) is 18.2. The molecule has 0 unspecified atom stereocenters. The first-order chi connectivity index (χ1) is 15.6. The number of rotatable bonds is 4. The smallest absolute Gasteiger partial charge is 0.0473 e. The van der Waals surface area contributed by atoms with Gasteiger partial charge in [-0.05, 0) is 45.3 Å². The molecule has 32 heavy (non-hydrogen) atoms. The van der Waals surface area contributed by atoms with E-state index in [1.807, 2.05) is 12.1 Å². The fourth-order valence-electron chi connectivity index (χ4n) is 4.29. The van der Waals surface area contributed by atoms with Crippen molar-refractivity contribution in [2.24, 2.45) is 0 Å². The van der Waals surface area contributed by atoms with Gasteiger partial charge in [0.25, 0.3) is 0 Å². The average molecular weight is 412 g/mol. The predicted molar refractivity (Wildman–Crippen MR) is 141 cm³/mol. The molecule has 1 nitrogen and oxygen atoms in total. The highest BCUT2D eigenvalue weighted by molar-refractivity contribution is 6.05. The SMILES string of the molecule is C=C(/C=C\c1c(-c2ccc3ccccc3c2N)ccc2ccccc12)c1ccc(C)cc1. The highest BCUT2D eigenvalue weighted by atomic mass is 14.6. The van der Waals surface area contributed by atoms with E-state index in [0.717, 1.165) is 44.3 Å². The molecule has 0 fully saturated rings. The van der Waals surface area contributed by atoms with Gasteiger partial charge in [-0.1, -0.05) is 121 Å². The number of fused-ring (bicyclic) bond motifs is 2. The average Bonchev–Trinajstić information content (AvgIpc) is 2.83. The molecule has 0 aliphatic heterocycles. The monoisotopic (exact) mass is 411 g/mol. The van der Waals surface area contributed by atoms with Crippen molar-refractivity contribution in [1.82, 2.24) is 0 Å². The van der Waals surface area contributed by atoms with Gasteiger partial charge in [-0.15, -0.1) is 0 Å². The third-order valence-electron chi connectivity index (χ3n) is 6.11. The molecule has 154 valence electrons. The molecule has 5 aromatic rings. The Morgan fingerprint density at radius 1 is 0.688 bits per heavy atom. The molecule has 1 heteroatoms. The number of allylic oxidation sites excluding steroid dienone is 2. The van der Waals surface area contributed by atoms with Gasteiger partial charge in [-0.2, -0.15) is 0 Å². The molecule has 0 spiro atoms. The maximum atomic E-state index is 6.68. The first-order valence-corrected chi connectivity index (χ1v) is 10.9. The number of nitrogen functional groups attached to an aromatic ring is 1. The van der Waals surface area contributed by atoms with Gasteiger partial charge >= 0.3 is 0 Å². The summed E-state index contributed by atoms with van der Waals surface area (Å²) in [7, 11) is 0. The van der Waals surface area contributed by atoms with Gasteiger partial charge < -0.3 is 5.73 Å². The third-order valence-corrected chi connectivity index (χ3v) is 6.11. The van der Waals surface area contributed by atoms with E-state index in [-0.39, 0.29) is 0 Å². The molecule has 0 amide bonds. The van der Waals surface area contributed by atoms with Gasteiger partial charge in [-0.25, -0.2) is 0 Å². The summed E-state index contributed by atoms with van der Waals surface area (Å²) in [5.41, 5.74) is 14.2. The standard InChI is InChI=1S/C31H25N/c1-21-11-14-23(15-12-21)22(2)13-18-28-26-9-5-3-7-24(26)16-19-29(28)30-20-17-25-8-4-6-10-27(25)31(30)32/h3-20H,2,32H2,1H3/b18-13-. The molecular weight excluding hydrogens is 386 g/mol. The van der Waals surface area contributed by atoms with Crippen molar-refractivity contribution in [3.63, 3.8) is 0 Å². The maximum absolute atomic E-state index is 6.68. The fraction of sp³-hybridized carbons (Fsp3) is 0.0323. The first-order valence-electron chi connectivity index (χ1n) is 10.9. The molecule has 0 radical (unpaired) electrons. The fourth-order valence-corrected chi connectivity index (χ4v) is 4.29. The van der Waals surface area contributed by atoms with Gasteiger partial charge in [0, 0.05) is 16.6 Å². The van der Waals surface area contributed by atoms with Crippen molar-refractivity contribution in [3.8, 4) is 11.1 Å². The molecule has 0 aliphatic rings. The van der Waals surface area contributed by atoms with Gasteiger partial charge in [0.2, 0.25) is 0 Å². The number of nitrogens with two attached hydrogens (primary N) is 1. The lowest BCUT2D eigenvalue weighted by Crippen LogP contribution is -1.94. The summed E-state index contributed by atoms with van der Waals surface area (Å²) in [6.07, 6.45) is 4.28. The van der Waals surface area contributed by atoms with E-state index in [0.29, 0.717) is 0 Å². The quantitative estimate of drug-likeness (QED) is 0.234. The van der Waals surface area contributed by atoms with Crippen LogP contribution in [-0.2, 0) is 0 Å². The van der Waals surface area contributed by atoms with Crippen LogP contribution in [0.1, 0.15) is 16.7 Å². The summed E-state index contributed by atoms with van der Waals surface area (Å²) in [6, 6.07) is 33.9. The Morgan fingerprint density at radius 2 is 1.28 bits per heavy atom. The molecule has 0 bridgehead atoms. The minimum Gasteiger partial charge on any atom is -0.398 e. The van der Waals surface area contributed by atoms with E-state index in [1.54, 1.807) is 0 Å². The van der Waals surface area contributed by atoms with E-state index in [9.17, 15) is 0 Å². The Hall–Kier alpha value is -4.10. The molecule has 2 N–H and O–H groups in total. The van der Waals surface area contributed by atoms with Gasteiger partial charge in [-0.3, -0.25) is 0 Å². The molecule has 0 saturated carbocycles. The van der Waals surface area contributed by atoms with Gasteiger partial charge in [0.05, 0.1) is 0 Å². The second kappa shape index (κ2) is 8.20. The van der Waals surface area contributed by atoms with Crippen molar-refractivity contribution in [1.29, 1.82) is 0 Å². The third kappa shape index (κ3) is 3.59. The zero-order chi connectivity index (χ0) is 22.1. The summed E-state index contributed by atoms with van der Waals surface area (Å²) in [4.78, 5) is 0. The van der Waals surface area contributed by atoms with Crippen molar-refractivity contribution in [2.45, 2.75) is 6.92 Å². The number of anilines is 1. The Balaban J connectivity index is 1.68. The topological polar surface area (TPSA) is 26.0 Å². The molecule has 0 aliphatic carbocycles. The lowest BCUT2D eigenvalue weighted by molar-refractivity contribution is 1.46. The lowest BCUT2D eigenvalue weighted by atomic mass is 9.91. The summed E-state index contributed by atoms with van der Waals surface area (Å²) in [5.74, 6) is 0. The molecular formula is C31H25N. The van der Waals surface area contributed by atoms with Crippen molar-refractivity contribution < 1.29 is 0 Å². The second-order valence-electron chi connectivity index (χ2n) is 8.22. The predicted octanol–water partition coefficient (Wildman–Crippen LogP) is 8.28. The van der Waals surface area contributed by atoms with E-state index in [2.05, 4.69) is 111 Å². The lowest BCUT2D eigenvalue weighted by Gasteiger charge is -2.15. The van der Waals surface area contributed by atoms with Crippen molar-refractivity contribution in [2.75, 3.05) is 5.73 Å². The summed E-state index contributed by atoms with van der Waals surface area (Å²) < 4.78 is 0. The molecule has 0 saturated heterocycles. The molecule has 5 rings (SSSR count). The number of hydrogen-bond acceptors (Lipinski definition) is 1. The first kappa shape index (κ1) is 19.8. The van der Waals surface area contributed by atoms with Crippen molar-refractivity contribution in [3.05, 3.63) is 126 Å². The van der Waals surface area contributed by atoms with Crippen LogP contribution < -0.4 is 5.73 Å². The minimum atomic E-state index is 0.811. The van der Waals surface area contributed by atoms with Crippen LogP contribution in [0.2, 0.25) is 0 Å². The van der Waals surface area contributed by atoms with E-state index >= 15 is 0 Å². The Labute approximate surface area is 189 Å². The van der Waals surface area contributed by atoms with Crippen LogP contribution in [0.25, 0.3) is 44.3 Å². The highest BCUT2D eigenvalue weighted by Gasteiger charge is 2.12. The number of aryl methyl sites for hydroxylation is 1. The van der Waals surface area contributed by atoms with Crippen LogP contribution in [0, 0.1) is 6.92 Å². The van der Waals surface area contributed by atoms with Crippen LogP contribution in [-0.4, -0.2) is 0 Å². The van der Waals surface area contributed by atoms with Crippen LogP contribution >= 0.6 is 0 Å². The molecule has 5 aromatic carbocycles. The van der Waals surface area contributed by atoms with Gasteiger partial charge in [0.15, 0.2) is 0 Å².